The number of allylic oxidation sites excluding steroid dienone is 2. The average molecular weight is 1010 g/mol. The molecule has 4 aliphatic carbocycles. The van der Waals surface area contributed by atoms with Gasteiger partial charge in [-0.05, 0) is 69.0 Å². The van der Waals surface area contributed by atoms with E-state index in [1.807, 2.05) is 0 Å². The van der Waals surface area contributed by atoms with Gasteiger partial charge in [-0.1, -0.05) is 255 Å². The molecule has 63 heavy (non-hydrogen) atoms. The number of hydrogen-bond acceptors (Lipinski definition) is 0. The first-order valence-electron chi connectivity index (χ1n) is 24.1. The van der Waals surface area contributed by atoms with Gasteiger partial charge in [-0.15, -0.1) is 57.7 Å². The first kappa shape index (κ1) is 49.7. The zero-order valence-corrected chi connectivity index (χ0v) is 47.1. The SMILES string of the molecule is CC(C)(C)c1cc(C2=[C-]c3cc4c(cc3C2)C(C)(C)CCC4(C)C)cc(C(C)(C)C)c1.CC(C)(C)c1cc(C2=[C-]c3cc4c(cc3C2)C(C)(C)CCC4(C)C)cc(C(C)(C)C)c1.[Hf]. The Morgan fingerprint density at radius 2 is 0.587 bits per heavy atom. The van der Waals surface area contributed by atoms with Crippen molar-refractivity contribution in [3.63, 3.8) is 0 Å². The van der Waals surface area contributed by atoms with Gasteiger partial charge in [-0.3, -0.25) is 0 Å². The van der Waals surface area contributed by atoms with E-state index in [1.54, 1.807) is 11.1 Å². The summed E-state index contributed by atoms with van der Waals surface area (Å²) in [6.45, 7) is 47.1. The van der Waals surface area contributed by atoms with Crippen molar-refractivity contribution in [2.24, 2.45) is 0 Å². The number of rotatable bonds is 2. The van der Waals surface area contributed by atoms with Crippen LogP contribution in [0.5, 0.6) is 0 Å². The topological polar surface area (TPSA) is 0 Å². The van der Waals surface area contributed by atoms with Gasteiger partial charge in [0, 0.05) is 25.8 Å². The standard InChI is InChI=1S/2C31H41.Hf/c2*1-28(2,3)24-15-23(16-25(19-24)29(4,5)6)20-13-21-17-26-27(18-22(21)14-20)31(9,10)12-11-30(26,7)8;/h2*15-19H,11-13H2,1-10H3;/q2*-1;. The summed E-state index contributed by atoms with van der Waals surface area (Å²) >= 11 is 0. The van der Waals surface area contributed by atoms with Crippen molar-refractivity contribution < 1.29 is 25.8 Å². The van der Waals surface area contributed by atoms with Crippen molar-refractivity contribution in [1.82, 2.24) is 0 Å². The van der Waals surface area contributed by atoms with Gasteiger partial charge in [0.1, 0.15) is 0 Å². The molecule has 0 spiro atoms. The van der Waals surface area contributed by atoms with Crippen LogP contribution in [-0.4, -0.2) is 0 Å². The smallest absolute Gasteiger partial charge is 0 e. The Kier molecular flexibility index (Phi) is 12.8. The minimum atomic E-state index is 0. The van der Waals surface area contributed by atoms with Crippen molar-refractivity contribution in [2.45, 2.75) is 220 Å². The molecule has 0 saturated carbocycles. The molecule has 0 saturated heterocycles. The Balaban J connectivity index is 0.000000206. The predicted molar refractivity (Wildman–Crippen MR) is 270 cm³/mol. The van der Waals surface area contributed by atoms with Crippen molar-refractivity contribution >= 4 is 11.1 Å². The molecule has 8 rings (SSSR count). The molecule has 0 N–H and O–H groups in total. The normalized spacial score (nSPS) is 19.3. The Bertz CT molecular complexity index is 2230. The molecule has 0 unspecified atom stereocenters. The van der Waals surface area contributed by atoms with Gasteiger partial charge in [0.15, 0.2) is 0 Å². The average Bonchev–Trinajstić information content (AvgIpc) is 3.77. The predicted octanol–water partition coefficient (Wildman–Crippen LogP) is 16.8. The van der Waals surface area contributed by atoms with E-state index in [4.69, 9.17) is 0 Å². The van der Waals surface area contributed by atoms with E-state index in [9.17, 15) is 0 Å². The van der Waals surface area contributed by atoms with Gasteiger partial charge in [-0.2, -0.15) is 0 Å². The van der Waals surface area contributed by atoms with Gasteiger partial charge in [0.2, 0.25) is 0 Å². The maximum atomic E-state index is 3.84. The fourth-order valence-corrected chi connectivity index (χ4v) is 10.3. The summed E-state index contributed by atoms with van der Waals surface area (Å²) in [7, 11) is 0. The van der Waals surface area contributed by atoms with Crippen LogP contribution in [0.25, 0.3) is 11.1 Å². The van der Waals surface area contributed by atoms with E-state index in [-0.39, 0.29) is 69.2 Å². The summed E-state index contributed by atoms with van der Waals surface area (Å²) in [5.74, 6) is 0. The molecule has 1 heteroatoms. The van der Waals surface area contributed by atoms with Gasteiger partial charge in [0.05, 0.1) is 0 Å². The summed E-state index contributed by atoms with van der Waals surface area (Å²) in [6, 6.07) is 24.5. The van der Waals surface area contributed by atoms with Crippen molar-refractivity contribution in [1.29, 1.82) is 0 Å². The fourth-order valence-electron chi connectivity index (χ4n) is 10.3. The molecule has 0 fully saturated rings. The third-order valence-electron chi connectivity index (χ3n) is 15.5. The molecule has 0 amide bonds. The third-order valence-corrected chi connectivity index (χ3v) is 15.5. The van der Waals surface area contributed by atoms with Crippen LogP contribution in [0.1, 0.15) is 242 Å². The second-order valence-electron chi connectivity index (χ2n) is 26.8. The van der Waals surface area contributed by atoms with E-state index < -0.39 is 0 Å². The second kappa shape index (κ2) is 16.2. The maximum absolute atomic E-state index is 3.84. The molecule has 4 aliphatic rings. The maximum Gasteiger partial charge on any atom is 0 e. The fraction of sp³-hybridized carbons (Fsp3) is 0.548. The Morgan fingerprint density at radius 1 is 0.349 bits per heavy atom. The Morgan fingerprint density at radius 3 is 0.825 bits per heavy atom. The number of fused-ring (bicyclic) bond motifs is 4. The molecule has 4 aromatic rings. The van der Waals surface area contributed by atoms with Crippen molar-refractivity contribution in [2.75, 3.05) is 0 Å². The molecular formula is C62H82Hf-2. The zero-order chi connectivity index (χ0) is 46.0. The molecular weight excluding hydrogens is 923 g/mol. The minimum Gasteiger partial charge on any atom is -0.146 e. The third kappa shape index (κ3) is 10.0. The van der Waals surface area contributed by atoms with Crippen molar-refractivity contribution in [3.05, 3.63) is 151 Å². The summed E-state index contributed by atoms with van der Waals surface area (Å²) in [5.41, 5.74) is 24.4. The van der Waals surface area contributed by atoms with Crippen LogP contribution in [-0.2, 0) is 82.0 Å². The number of benzene rings is 4. The van der Waals surface area contributed by atoms with E-state index >= 15 is 0 Å². The quantitative estimate of drug-likeness (QED) is 0.139. The van der Waals surface area contributed by atoms with E-state index in [1.165, 1.54) is 104 Å². The van der Waals surface area contributed by atoms with Crippen LogP contribution in [0.3, 0.4) is 0 Å². The molecule has 0 aromatic heterocycles. The minimum absolute atomic E-state index is 0. The number of hydrogen-bond donors (Lipinski definition) is 0. The van der Waals surface area contributed by atoms with E-state index in [0.29, 0.717) is 0 Å². The largest absolute Gasteiger partial charge is 0.146 e. The van der Waals surface area contributed by atoms with Crippen LogP contribution >= 0.6 is 0 Å². The second-order valence-corrected chi connectivity index (χ2v) is 26.8. The van der Waals surface area contributed by atoms with Gasteiger partial charge in [-0.25, -0.2) is 0 Å². The summed E-state index contributed by atoms with van der Waals surface area (Å²) in [5, 5.41) is 0. The Hall–Kier alpha value is -2.77. The molecule has 0 bridgehead atoms. The van der Waals surface area contributed by atoms with Crippen LogP contribution in [0.15, 0.2) is 60.7 Å². The Labute approximate surface area is 405 Å². The summed E-state index contributed by atoms with van der Waals surface area (Å²) in [6.07, 6.45) is 14.7. The van der Waals surface area contributed by atoms with Crippen LogP contribution in [0.4, 0.5) is 0 Å². The van der Waals surface area contributed by atoms with E-state index in [2.05, 4.69) is 211 Å². The molecule has 4 aromatic carbocycles. The zero-order valence-electron chi connectivity index (χ0n) is 43.5. The van der Waals surface area contributed by atoms with Crippen LogP contribution in [0, 0.1) is 12.2 Å². The summed E-state index contributed by atoms with van der Waals surface area (Å²) < 4.78 is 0. The van der Waals surface area contributed by atoms with Gasteiger partial charge >= 0.3 is 0 Å². The monoisotopic (exact) mass is 1010 g/mol. The van der Waals surface area contributed by atoms with Gasteiger partial charge < -0.3 is 0 Å². The molecule has 336 valence electrons. The molecule has 0 aliphatic heterocycles. The summed E-state index contributed by atoms with van der Waals surface area (Å²) in [4.78, 5) is 0. The molecule has 0 nitrogen and oxygen atoms in total. The van der Waals surface area contributed by atoms with E-state index in [0.717, 1.165) is 12.8 Å². The van der Waals surface area contributed by atoms with Gasteiger partial charge in [0.25, 0.3) is 0 Å². The molecule has 0 heterocycles. The first-order valence-corrected chi connectivity index (χ1v) is 24.1. The molecule has 0 atom stereocenters. The van der Waals surface area contributed by atoms with Crippen molar-refractivity contribution in [3.8, 4) is 0 Å². The van der Waals surface area contributed by atoms with Crippen LogP contribution < -0.4 is 0 Å². The van der Waals surface area contributed by atoms with Crippen LogP contribution in [0.2, 0.25) is 0 Å². The first-order chi connectivity index (χ1) is 28.2. The molecule has 0 radical (unpaired) electrons.